The molecule has 0 spiro atoms. The molecule has 0 heterocycles. The van der Waals surface area contributed by atoms with E-state index < -0.39 is 5.60 Å². The van der Waals surface area contributed by atoms with Gasteiger partial charge in [-0.25, -0.2) is 0 Å². The van der Waals surface area contributed by atoms with Crippen molar-refractivity contribution in [1.82, 2.24) is 0 Å². The van der Waals surface area contributed by atoms with Gasteiger partial charge in [-0.1, -0.05) is 19.4 Å². The van der Waals surface area contributed by atoms with E-state index in [2.05, 4.69) is 13.8 Å². The van der Waals surface area contributed by atoms with E-state index in [4.69, 9.17) is 0 Å². The smallest absolute Gasteiger partial charge is 0.155 e. The zero-order chi connectivity index (χ0) is 16.6. The minimum Gasteiger partial charge on any atom is -0.393 e. The molecule has 2 N–H and O–H groups in total. The summed E-state index contributed by atoms with van der Waals surface area (Å²) in [6.45, 7) is 6.44. The molecule has 7 atom stereocenters. The van der Waals surface area contributed by atoms with Crippen LogP contribution in [0.2, 0.25) is 0 Å². The molecule has 0 bridgehead atoms. The van der Waals surface area contributed by atoms with Crippen molar-refractivity contribution in [2.45, 2.75) is 77.4 Å². The number of carbonyl (C=O) groups excluding carboxylic acids is 1. The molecular formula is C20H30O3. The summed E-state index contributed by atoms with van der Waals surface area (Å²) >= 11 is 0. The minimum absolute atomic E-state index is 0.0218. The quantitative estimate of drug-likeness (QED) is 0.721. The van der Waals surface area contributed by atoms with Crippen LogP contribution in [-0.4, -0.2) is 27.7 Å². The predicted molar refractivity (Wildman–Crippen MR) is 88.7 cm³/mol. The number of aliphatic hydroxyl groups excluding tert-OH is 1. The maximum Gasteiger partial charge on any atom is 0.155 e. The molecule has 4 rings (SSSR count). The first-order chi connectivity index (χ1) is 10.7. The van der Waals surface area contributed by atoms with Gasteiger partial charge in [0.05, 0.1) is 11.7 Å². The largest absolute Gasteiger partial charge is 0.393 e. The first kappa shape index (κ1) is 15.8. The van der Waals surface area contributed by atoms with Crippen LogP contribution in [0.15, 0.2) is 11.6 Å². The molecule has 0 unspecified atom stereocenters. The van der Waals surface area contributed by atoms with Gasteiger partial charge in [0, 0.05) is 11.8 Å². The molecule has 128 valence electrons. The molecule has 3 fully saturated rings. The Balaban J connectivity index is 1.75. The summed E-state index contributed by atoms with van der Waals surface area (Å²) in [6, 6.07) is 0. The lowest BCUT2D eigenvalue weighted by Gasteiger charge is -2.60. The Bertz CT molecular complexity index is 577. The van der Waals surface area contributed by atoms with Crippen molar-refractivity contribution < 1.29 is 15.0 Å². The first-order valence-electron chi connectivity index (χ1n) is 9.33. The van der Waals surface area contributed by atoms with Crippen LogP contribution in [0.25, 0.3) is 0 Å². The van der Waals surface area contributed by atoms with E-state index in [9.17, 15) is 15.0 Å². The van der Waals surface area contributed by atoms with Crippen molar-refractivity contribution in [2.24, 2.45) is 28.6 Å². The Kier molecular flexibility index (Phi) is 3.23. The van der Waals surface area contributed by atoms with Crippen LogP contribution in [0.3, 0.4) is 0 Å². The average molecular weight is 318 g/mol. The molecule has 4 aliphatic rings. The summed E-state index contributed by atoms with van der Waals surface area (Å²) in [5.74, 6) is 1.49. The molecule has 0 saturated heterocycles. The topological polar surface area (TPSA) is 57.5 Å². The Morgan fingerprint density at radius 1 is 1.13 bits per heavy atom. The van der Waals surface area contributed by atoms with E-state index in [0.29, 0.717) is 24.7 Å². The number of aliphatic hydroxyl groups is 2. The highest BCUT2D eigenvalue weighted by atomic mass is 16.3. The third kappa shape index (κ3) is 1.93. The molecule has 0 aromatic rings. The van der Waals surface area contributed by atoms with Crippen LogP contribution in [-0.2, 0) is 4.79 Å². The fourth-order valence-electron chi connectivity index (χ4n) is 6.91. The van der Waals surface area contributed by atoms with Crippen molar-refractivity contribution in [3.63, 3.8) is 0 Å². The van der Waals surface area contributed by atoms with E-state index in [1.807, 2.05) is 13.0 Å². The molecule has 0 aromatic heterocycles. The Morgan fingerprint density at radius 2 is 1.87 bits per heavy atom. The van der Waals surface area contributed by atoms with E-state index in [1.165, 1.54) is 5.57 Å². The van der Waals surface area contributed by atoms with Crippen LogP contribution in [0.4, 0.5) is 0 Å². The maximum atomic E-state index is 11.8. The highest BCUT2D eigenvalue weighted by molar-refractivity contribution is 5.91. The summed E-state index contributed by atoms with van der Waals surface area (Å²) in [6.07, 6.45) is 7.69. The van der Waals surface area contributed by atoms with Gasteiger partial charge in [-0.3, -0.25) is 4.79 Å². The van der Waals surface area contributed by atoms with E-state index in [1.54, 1.807) is 0 Å². The number of rotatable bonds is 0. The number of carbonyl (C=O) groups is 1. The molecule has 3 nitrogen and oxygen atoms in total. The Morgan fingerprint density at radius 3 is 2.61 bits per heavy atom. The number of hydrogen-bond acceptors (Lipinski definition) is 3. The summed E-state index contributed by atoms with van der Waals surface area (Å²) < 4.78 is 0. The summed E-state index contributed by atoms with van der Waals surface area (Å²) in [5.41, 5.74) is 0.424. The highest BCUT2D eigenvalue weighted by Crippen LogP contribution is 2.67. The minimum atomic E-state index is -0.664. The molecule has 3 saturated carbocycles. The first-order valence-corrected chi connectivity index (χ1v) is 9.33. The Hall–Kier alpha value is -0.670. The van der Waals surface area contributed by atoms with Crippen LogP contribution >= 0.6 is 0 Å². The van der Waals surface area contributed by atoms with Crippen molar-refractivity contribution >= 4 is 5.78 Å². The average Bonchev–Trinajstić information content (AvgIpc) is 2.69. The maximum absolute atomic E-state index is 11.8. The second-order valence-corrected chi connectivity index (χ2v) is 9.39. The molecular weight excluding hydrogens is 288 g/mol. The number of fused-ring (bicyclic) bond motifs is 5. The van der Waals surface area contributed by atoms with Gasteiger partial charge in [-0.15, -0.1) is 0 Å². The van der Waals surface area contributed by atoms with Gasteiger partial charge in [0.25, 0.3) is 0 Å². The van der Waals surface area contributed by atoms with Crippen LogP contribution in [0.5, 0.6) is 0 Å². The molecule has 0 amide bonds. The second-order valence-electron chi connectivity index (χ2n) is 9.39. The zero-order valence-electron chi connectivity index (χ0n) is 14.6. The second kappa shape index (κ2) is 4.70. The van der Waals surface area contributed by atoms with E-state index >= 15 is 0 Å². The van der Waals surface area contributed by atoms with Gasteiger partial charge in [0.1, 0.15) is 0 Å². The standard InChI is InChI=1S/C20H30O3/c1-18-8-6-13(21)10-12(18)4-5-14-15-7-9-20(3,23)19(15,2)11-16(22)17(14)18/h10,14-17,22-23H,4-9,11H2,1-3H3/t14-,15-,16+,17+,18-,19-,20-/m1/s1. The lowest BCUT2D eigenvalue weighted by Crippen LogP contribution is -2.59. The summed E-state index contributed by atoms with van der Waals surface area (Å²) in [4.78, 5) is 11.8. The molecule has 0 aromatic carbocycles. The van der Waals surface area contributed by atoms with E-state index in [-0.39, 0.29) is 28.6 Å². The van der Waals surface area contributed by atoms with Gasteiger partial charge in [-0.05, 0) is 74.7 Å². The van der Waals surface area contributed by atoms with Crippen LogP contribution in [0.1, 0.15) is 65.7 Å². The summed E-state index contributed by atoms with van der Waals surface area (Å²) in [7, 11) is 0. The van der Waals surface area contributed by atoms with Crippen molar-refractivity contribution in [2.75, 3.05) is 0 Å². The van der Waals surface area contributed by atoms with Crippen molar-refractivity contribution in [3.8, 4) is 0 Å². The molecule has 0 aliphatic heterocycles. The van der Waals surface area contributed by atoms with Gasteiger partial charge >= 0.3 is 0 Å². The SMILES string of the molecule is C[C@@]12CCC(=O)C=C1CC[C@H]1[C@H]2[C@@H](O)C[C@]2(C)[C@@H]1CC[C@@]2(C)O. The third-order valence-electron chi connectivity index (χ3n) is 8.46. The molecule has 4 aliphatic carbocycles. The zero-order valence-corrected chi connectivity index (χ0v) is 14.6. The van der Waals surface area contributed by atoms with E-state index in [0.717, 1.165) is 32.1 Å². The predicted octanol–water partition coefficient (Wildman–Crippen LogP) is 3.24. The van der Waals surface area contributed by atoms with Gasteiger partial charge in [0.2, 0.25) is 0 Å². The third-order valence-corrected chi connectivity index (χ3v) is 8.46. The van der Waals surface area contributed by atoms with Gasteiger partial charge < -0.3 is 10.2 Å². The fraction of sp³-hybridized carbons (Fsp3) is 0.850. The molecule has 23 heavy (non-hydrogen) atoms. The highest BCUT2D eigenvalue weighted by Gasteiger charge is 2.64. The summed E-state index contributed by atoms with van der Waals surface area (Å²) in [5, 5.41) is 22.0. The molecule has 0 radical (unpaired) electrons. The van der Waals surface area contributed by atoms with Gasteiger partial charge in [-0.2, -0.15) is 0 Å². The number of ketones is 1. The number of hydrogen-bond donors (Lipinski definition) is 2. The van der Waals surface area contributed by atoms with Crippen LogP contribution in [0, 0.1) is 28.6 Å². The lowest BCUT2D eigenvalue weighted by molar-refractivity contribution is -0.166. The molecule has 3 heteroatoms. The monoisotopic (exact) mass is 318 g/mol. The Labute approximate surface area is 139 Å². The lowest BCUT2D eigenvalue weighted by atomic mass is 9.45. The fourth-order valence-corrected chi connectivity index (χ4v) is 6.91. The van der Waals surface area contributed by atoms with Gasteiger partial charge in [0.15, 0.2) is 5.78 Å². The number of allylic oxidation sites excluding steroid dienone is 1. The van der Waals surface area contributed by atoms with Crippen LogP contribution < -0.4 is 0 Å². The van der Waals surface area contributed by atoms with Crippen molar-refractivity contribution in [1.29, 1.82) is 0 Å². The normalized spacial score (nSPS) is 55.7. The van der Waals surface area contributed by atoms with Crippen molar-refractivity contribution in [3.05, 3.63) is 11.6 Å².